The van der Waals surface area contributed by atoms with Gasteiger partial charge in [0.2, 0.25) is 5.95 Å². The molecule has 1 fully saturated rings. The van der Waals surface area contributed by atoms with Gasteiger partial charge in [-0.15, -0.1) is 0 Å². The van der Waals surface area contributed by atoms with Crippen LogP contribution in [0.15, 0.2) is 30.3 Å². The molecule has 1 aliphatic heterocycles. The highest BCUT2D eigenvalue weighted by molar-refractivity contribution is 5.68. The summed E-state index contributed by atoms with van der Waals surface area (Å²) in [5, 5.41) is 14.9. The van der Waals surface area contributed by atoms with Crippen molar-refractivity contribution in [1.82, 2.24) is 25.5 Å². The van der Waals surface area contributed by atoms with Crippen LogP contribution in [0.3, 0.4) is 0 Å². The summed E-state index contributed by atoms with van der Waals surface area (Å²) in [5.41, 5.74) is 0.404. The first-order valence-electron chi connectivity index (χ1n) is 8.01. The lowest BCUT2D eigenvalue weighted by Crippen LogP contribution is -2.40. The number of amides is 1. The van der Waals surface area contributed by atoms with Gasteiger partial charge in [-0.2, -0.15) is 4.68 Å². The third kappa shape index (κ3) is 3.81. The number of hydrogen-bond acceptors (Lipinski definition) is 6. The van der Waals surface area contributed by atoms with Crippen LogP contribution in [0.4, 0.5) is 10.7 Å². The van der Waals surface area contributed by atoms with E-state index >= 15 is 0 Å². The van der Waals surface area contributed by atoms with Crippen molar-refractivity contribution < 1.29 is 9.53 Å². The average Bonchev–Trinajstić information content (AvgIpc) is 3.14. The normalized spacial score (nSPS) is 17.8. The predicted octanol–water partition coefficient (Wildman–Crippen LogP) is 1.77. The fourth-order valence-electron chi connectivity index (χ4n) is 2.65. The second kappa shape index (κ2) is 6.46. The molecule has 0 aliphatic carbocycles. The number of hydrogen-bond donors (Lipinski definition) is 1. The number of alkyl carbamates (subject to hydrolysis) is 1. The Morgan fingerprint density at radius 3 is 2.75 bits per heavy atom. The fraction of sp³-hybridized carbons (Fsp3) is 0.500. The van der Waals surface area contributed by atoms with E-state index in [-0.39, 0.29) is 6.04 Å². The molecule has 1 amide bonds. The van der Waals surface area contributed by atoms with E-state index < -0.39 is 11.7 Å². The molecule has 1 saturated heterocycles. The summed E-state index contributed by atoms with van der Waals surface area (Å²) in [6, 6.07) is 9.75. The molecule has 0 saturated carbocycles. The summed E-state index contributed by atoms with van der Waals surface area (Å²) >= 11 is 0. The maximum Gasteiger partial charge on any atom is 0.407 e. The summed E-state index contributed by atoms with van der Waals surface area (Å²) in [7, 11) is 0. The van der Waals surface area contributed by atoms with Crippen molar-refractivity contribution >= 4 is 12.0 Å². The number of carbonyl (C=O) groups is 1. The molecule has 0 radical (unpaired) electrons. The summed E-state index contributed by atoms with van der Waals surface area (Å²) in [6.07, 6.45) is 0.429. The van der Waals surface area contributed by atoms with Crippen molar-refractivity contribution in [3.63, 3.8) is 0 Å². The highest BCUT2D eigenvalue weighted by Crippen LogP contribution is 2.20. The lowest BCUT2D eigenvalue weighted by Gasteiger charge is -2.22. The molecular formula is C16H22N6O2. The van der Waals surface area contributed by atoms with Gasteiger partial charge < -0.3 is 15.0 Å². The quantitative estimate of drug-likeness (QED) is 0.923. The first-order valence-corrected chi connectivity index (χ1v) is 8.01. The van der Waals surface area contributed by atoms with Crippen LogP contribution in [0.2, 0.25) is 0 Å². The van der Waals surface area contributed by atoms with Crippen molar-refractivity contribution in [1.29, 1.82) is 0 Å². The first-order chi connectivity index (χ1) is 11.4. The summed E-state index contributed by atoms with van der Waals surface area (Å²) < 4.78 is 7.01. The number of tetrazole rings is 1. The van der Waals surface area contributed by atoms with Gasteiger partial charge in [0.15, 0.2) is 0 Å². The van der Waals surface area contributed by atoms with Crippen molar-refractivity contribution in [3.8, 4) is 5.69 Å². The number of anilines is 1. The van der Waals surface area contributed by atoms with Gasteiger partial charge in [0.1, 0.15) is 5.60 Å². The van der Waals surface area contributed by atoms with Crippen molar-refractivity contribution in [2.75, 3.05) is 18.0 Å². The molecule has 0 bridgehead atoms. The van der Waals surface area contributed by atoms with Gasteiger partial charge in [0.05, 0.1) is 11.7 Å². The molecule has 128 valence electrons. The third-order valence-electron chi connectivity index (χ3n) is 3.65. The van der Waals surface area contributed by atoms with Crippen LogP contribution in [0, 0.1) is 0 Å². The van der Waals surface area contributed by atoms with E-state index in [2.05, 4.69) is 25.7 Å². The minimum absolute atomic E-state index is 0.0146. The molecule has 2 aromatic rings. The molecule has 8 nitrogen and oxygen atoms in total. The molecule has 1 N–H and O–H groups in total. The van der Waals surface area contributed by atoms with Crippen LogP contribution in [0.25, 0.3) is 5.69 Å². The molecule has 1 aliphatic rings. The van der Waals surface area contributed by atoms with Gasteiger partial charge in [0.25, 0.3) is 0 Å². The zero-order chi connectivity index (χ0) is 17.2. The van der Waals surface area contributed by atoms with Crippen LogP contribution < -0.4 is 10.2 Å². The molecular weight excluding hydrogens is 308 g/mol. The van der Waals surface area contributed by atoms with Crippen LogP contribution in [0.1, 0.15) is 27.2 Å². The smallest absolute Gasteiger partial charge is 0.407 e. The molecule has 1 atom stereocenters. The van der Waals surface area contributed by atoms with Crippen LogP contribution in [0.5, 0.6) is 0 Å². The number of ether oxygens (including phenoxy) is 1. The number of benzene rings is 1. The van der Waals surface area contributed by atoms with E-state index in [4.69, 9.17) is 4.74 Å². The average molecular weight is 330 g/mol. The lowest BCUT2D eigenvalue weighted by molar-refractivity contribution is 0.0509. The van der Waals surface area contributed by atoms with E-state index in [1.165, 1.54) is 0 Å². The van der Waals surface area contributed by atoms with Gasteiger partial charge in [0, 0.05) is 13.1 Å². The van der Waals surface area contributed by atoms with E-state index in [1.807, 2.05) is 51.1 Å². The van der Waals surface area contributed by atoms with Crippen molar-refractivity contribution in [2.45, 2.75) is 38.8 Å². The van der Waals surface area contributed by atoms with E-state index in [0.717, 1.165) is 18.7 Å². The van der Waals surface area contributed by atoms with E-state index in [9.17, 15) is 4.79 Å². The molecule has 0 spiro atoms. The lowest BCUT2D eigenvalue weighted by atomic mass is 10.2. The van der Waals surface area contributed by atoms with Crippen molar-refractivity contribution in [3.05, 3.63) is 30.3 Å². The second-order valence-electron chi connectivity index (χ2n) is 6.80. The van der Waals surface area contributed by atoms with Gasteiger partial charge in [-0.1, -0.05) is 23.3 Å². The topological polar surface area (TPSA) is 85.2 Å². The number of rotatable bonds is 3. The van der Waals surface area contributed by atoms with Gasteiger partial charge in [-0.25, -0.2) is 4.79 Å². The monoisotopic (exact) mass is 330 g/mol. The Hall–Kier alpha value is -2.64. The number of carbonyl (C=O) groups excluding carboxylic acids is 1. The highest BCUT2D eigenvalue weighted by Gasteiger charge is 2.29. The Labute approximate surface area is 140 Å². The molecule has 3 rings (SSSR count). The van der Waals surface area contributed by atoms with E-state index in [1.54, 1.807) is 4.68 Å². The maximum absolute atomic E-state index is 11.9. The molecule has 1 unspecified atom stereocenters. The van der Waals surface area contributed by atoms with Crippen LogP contribution in [-0.4, -0.2) is 51.0 Å². The third-order valence-corrected chi connectivity index (χ3v) is 3.65. The minimum Gasteiger partial charge on any atom is -0.444 e. The summed E-state index contributed by atoms with van der Waals surface area (Å²) in [4.78, 5) is 14.0. The Balaban J connectivity index is 1.65. The zero-order valence-corrected chi connectivity index (χ0v) is 14.1. The zero-order valence-electron chi connectivity index (χ0n) is 14.1. The predicted molar refractivity (Wildman–Crippen MR) is 89.1 cm³/mol. The Morgan fingerprint density at radius 2 is 2.04 bits per heavy atom. The Kier molecular flexibility index (Phi) is 4.37. The van der Waals surface area contributed by atoms with Crippen molar-refractivity contribution in [2.24, 2.45) is 0 Å². The van der Waals surface area contributed by atoms with Gasteiger partial charge in [-0.05, 0) is 49.8 Å². The van der Waals surface area contributed by atoms with Crippen LogP contribution in [-0.2, 0) is 4.74 Å². The molecule has 24 heavy (non-hydrogen) atoms. The number of aromatic nitrogens is 4. The molecule has 2 heterocycles. The maximum atomic E-state index is 11.9. The van der Waals surface area contributed by atoms with E-state index in [0.29, 0.717) is 12.5 Å². The fourth-order valence-corrected chi connectivity index (χ4v) is 2.65. The van der Waals surface area contributed by atoms with Crippen LogP contribution >= 0.6 is 0 Å². The first kappa shape index (κ1) is 16.2. The second-order valence-corrected chi connectivity index (χ2v) is 6.80. The Bertz CT molecular complexity index is 694. The minimum atomic E-state index is -0.500. The summed E-state index contributed by atoms with van der Waals surface area (Å²) in [6.45, 7) is 6.96. The Morgan fingerprint density at radius 1 is 1.29 bits per heavy atom. The standard InChI is InChI=1S/C16H22N6O2/c1-16(2,3)24-15(23)17-12-9-10-21(11-12)14-18-19-20-22(14)13-7-5-4-6-8-13/h4-8,12H,9-11H2,1-3H3,(H,17,23). The largest absolute Gasteiger partial charge is 0.444 e. The van der Waals surface area contributed by atoms with Gasteiger partial charge >= 0.3 is 6.09 Å². The molecule has 1 aromatic heterocycles. The SMILES string of the molecule is CC(C)(C)OC(=O)NC1CCN(c2nnnn2-c2ccccc2)C1. The summed E-state index contributed by atoms with van der Waals surface area (Å²) in [5.74, 6) is 0.676. The molecule has 8 heteroatoms. The van der Waals surface area contributed by atoms with Gasteiger partial charge in [-0.3, -0.25) is 0 Å². The number of para-hydroxylation sites is 1. The highest BCUT2D eigenvalue weighted by atomic mass is 16.6. The number of nitrogens with zero attached hydrogens (tertiary/aromatic N) is 5. The number of nitrogens with one attached hydrogen (secondary N) is 1. The molecule has 1 aromatic carbocycles.